The average Bonchev–Trinajstić information content (AvgIpc) is 3.25. The number of hydrogen-bond donors (Lipinski definition) is 0. The average molecular weight is 372 g/mol. The zero-order valence-corrected chi connectivity index (χ0v) is 15.9. The summed E-state index contributed by atoms with van der Waals surface area (Å²) in [5.74, 6) is 1.10. The van der Waals surface area contributed by atoms with Crippen molar-refractivity contribution < 1.29 is 14.0 Å². The Labute approximate surface area is 157 Å². The molecule has 1 unspecified atom stereocenters. The molecule has 0 bridgehead atoms. The van der Waals surface area contributed by atoms with E-state index in [2.05, 4.69) is 13.0 Å². The maximum absolute atomic E-state index is 13.0. The summed E-state index contributed by atoms with van der Waals surface area (Å²) >= 11 is 1.66. The van der Waals surface area contributed by atoms with Crippen LogP contribution in [0, 0.1) is 5.92 Å². The zero-order chi connectivity index (χ0) is 18.1. The lowest BCUT2D eigenvalue weighted by atomic mass is 9.90. The topological polar surface area (TPSA) is 53.8 Å². The number of thiophene rings is 1. The molecule has 1 fully saturated rings. The van der Waals surface area contributed by atoms with Gasteiger partial charge in [0.05, 0.1) is 11.1 Å². The lowest BCUT2D eigenvalue weighted by Crippen LogP contribution is -2.37. The van der Waals surface area contributed by atoms with E-state index in [9.17, 15) is 9.59 Å². The van der Waals surface area contributed by atoms with Crippen LogP contribution in [-0.4, -0.2) is 47.8 Å². The number of fused-ring (bicyclic) bond motifs is 1. The minimum atomic E-state index is -0.0927. The Balaban J connectivity index is 1.42. The number of nitrogens with zero attached hydrogens (tertiary/aromatic N) is 2. The van der Waals surface area contributed by atoms with Crippen molar-refractivity contribution in [3.05, 3.63) is 45.5 Å². The Hall–Kier alpha value is -2.08. The SMILES string of the molecule is CC1CCc2sc(C(=O)N3CCCN(C(=O)c4ccco4)CC3)cc2C1. The van der Waals surface area contributed by atoms with E-state index in [4.69, 9.17) is 4.42 Å². The van der Waals surface area contributed by atoms with Gasteiger partial charge in [0.1, 0.15) is 0 Å². The molecule has 1 saturated heterocycles. The normalized spacial score (nSPS) is 20.6. The summed E-state index contributed by atoms with van der Waals surface area (Å²) < 4.78 is 5.22. The summed E-state index contributed by atoms with van der Waals surface area (Å²) in [6.07, 6.45) is 5.71. The van der Waals surface area contributed by atoms with Crippen molar-refractivity contribution in [1.29, 1.82) is 0 Å². The summed E-state index contributed by atoms with van der Waals surface area (Å²) in [6, 6.07) is 5.52. The Morgan fingerprint density at radius 3 is 2.65 bits per heavy atom. The molecule has 5 nitrogen and oxygen atoms in total. The molecule has 0 saturated carbocycles. The van der Waals surface area contributed by atoms with Gasteiger partial charge in [0, 0.05) is 31.1 Å². The third-order valence-electron chi connectivity index (χ3n) is 5.34. The Bertz CT molecular complexity index is 796. The molecule has 2 aromatic rings. The molecule has 6 heteroatoms. The van der Waals surface area contributed by atoms with Crippen LogP contribution in [0.5, 0.6) is 0 Å². The lowest BCUT2D eigenvalue weighted by molar-refractivity contribution is 0.0702. The van der Waals surface area contributed by atoms with Gasteiger partial charge >= 0.3 is 0 Å². The molecular weight excluding hydrogens is 348 g/mol. The summed E-state index contributed by atoms with van der Waals surface area (Å²) in [7, 11) is 0. The first-order valence-corrected chi connectivity index (χ1v) is 10.2. The van der Waals surface area contributed by atoms with E-state index in [0.29, 0.717) is 37.9 Å². The highest BCUT2D eigenvalue weighted by Crippen LogP contribution is 2.32. The van der Waals surface area contributed by atoms with E-state index >= 15 is 0 Å². The molecule has 138 valence electrons. The molecule has 0 spiro atoms. The molecule has 0 aromatic carbocycles. The van der Waals surface area contributed by atoms with Crippen LogP contribution in [0.1, 0.15) is 50.4 Å². The van der Waals surface area contributed by atoms with Gasteiger partial charge in [-0.05, 0) is 55.4 Å². The van der Waals surface area contributed by atoms with Gasteiger partial charge in [-0.3, -0.25) is 9.59 Å². The predicted molar refractivity (Wildman–Crippen MR) is 101 cm³/mol. The highest BCUT2D eigenvalue weighted by atomic mass is 32.1. The summed E-state index contributed by atoms with van der Waals surface area (Å²) in [4.78, 5) is 31.4. The molecule has 0 radical (unpaired) electrons. The molecule has 2 amide bonds. The van der Waals surface area contributed by atoms with Crippen molar-refractivity contribution in [2.45, 2.75) is 32.6 Å². The Morgan fingerprint density at radius 2 is 1.92 bits per heavy atom. The van der Waals surface area contributed by atoms with Gasteiger partial charge in [0.25, 0.3) is 11.8 Å². The highest BCUT2D eigenvalue weighted by molar-refractivity contribution is 7.14. The molecule has 4 rings (SSSR count). The Kier molecular flexibility index (Phi) is 4.85. The van der Waals surface area contributed by atoms with Crippen molar-refractivity contribution in [3.8, 4) is 0 Å². The van der Waals surface area contributed by atoms with E-state index in [1.807, 2.05) is 4.90 Å². The number of amides is 2. The van der Waals surface area contributed by atoms with Crippen molar-refractivity contribution in [1.82, 2.24) is 9.80 Å². The molecule has 3 heterocycles. The third-order valence-corrected chi connectivity index (χ3v) is 6.57. The summed E-state index contributed by atoms with van der Waals surface area (Å²) in [5.41, 5.74) is 1.36. The van der Waals surface area contributed by atoms with E-state index < -0.39 is 0 Å². The van der Waals surface area contributed by atoms with Gasteiger partial charge < -0.3 is 14.2 Å². The molecule has 1 atom stereocenters. The van der Waals surface area contributed by atoms with Crippen LogP contribution in [0.15, 0.2) is 28.9 Å². The number of furan rings is 1. The smallest absolute Gasteiger partial charge is 0.289 e. The van der Waals surface area contributed by atoms with Crippen molar-refractivity contribution in [3.63, 3.8) is 0 Å². The van der Waals surface area contributed by atoms with Gasteiger partial charge in [-0.25, -0.2) is 0 Å². The monoisotopic (exact) mass is 372 g/mol. The number of carbonyl (C=O) groups excluding carboxylic acids is 2. The van der Waals surface area contributed by atoms with E-state index in [1.54, 1.807) is 28.4 Å². The Morgan fingerprint density at radius 1 is 1.15 bits per heavy atom. The third kappa shape index (κ3) is 3.43. The van der Waals surface area contributed by atoms with E-state index in [-0.39, 0.29) is 11.8 Å². The van der Waals surface area contributed by atoms with Crippen LogP contribution in [0.4, 0.5) is 0 Å². The van der Waals surface area contributed by atoms with Gasteiger partial charge in [-0.2, -0.15) is 0 Å². The van der Waals surface area contributed by atoms with Gasteiger partial charge in [-0.1, -0.05) is 6.92 Å². The van der Waals surface area contributed by atoms with Gasteiger partial charge in [0.15, 0.2) is 5.76 Å². The standard InChI is InChI=1S/C20H24N2O3S/c1-14-5-6-17-15(12-14)13-18(26-17)20(24)22-8-3-7-21(9-10-22)19(23)16-4-2-11-25-16/h2,4,11,13-14H,3,5-10,12H2,1H3. The largest absolute Gasteiger partial charge is 0.459 e. The number of aryl methyl sites for hydroxylation is 1. The molecule has 26 heavy (non-hydrogen) atoms. The van der Waals surface area contributed by atoms with Crippen LogP contribution in [0.25, 0.3) is 0 Å². The molecule has 2 aliphatic rings. The van der Waals surface area contributed by atoms with Gasteiger partial charge in [0.2, 0.25) is 0 Å². The van der Waals surface area contributed by atoms with Crippen LogP contribution in [0.3, 0.4) is 0 Å². The maximum Gasteiger partial charge on any atom is 0.289 e. The van der Waals surface area contributed by atoms with E-state index in [0.717, 1.165) is 24.1 Å². The minimum absolute atomic E-state index is 0.0927. The first-order valence-electron chi connectivity index (χ1n) is 9.35. The first kappa shape index (κ1) is 17.3. The first-order chi connectivity index (χ1) is 12.6. The number of rotatable bonds is 2. The van der Waals surface area contributed by atoms with Crippen LogP contribution in [-0.2, 0) is 12.8 Å². The highest BCUT2D eigenvalue weighted by Gasteiger charge is 2.27. The molecule has 0 N–H and O–H groups in total. The number of hydrogen-bond acceptors (Lipinski definition) is 4. The fraction of sp³-hybridized carbons (Fsp3) is 0.500. The maximum atomic E-state index is 13.0. The zero-order valence-electron chi connectivity index (χ0n) is 15.1. The second-order valence-electron chi connectivity index (χ2n) is 7.32. The molecule has 1 aliphatic carbocycles. The summed E-state index contributed by atoms with van der Waals surface area (Å²) in [6.45, 7) is 4.75. The van der Waals surface area contributed by atoms with Crippen molar-refractivity contribution >= 4 is 23.2 Å². The molecule has 2 aromatic heterocycles. The fourth-order valence-corrected chi connectivity index (χ4v) is 5.02. The minimum Gasteiger partial charge on any atom is -0.459 e. The van der Waals surface area contributed by atoms with Crippen molar-refractivity contribution in [2.24, 2.45) is 5.92 Å². The van der Waals surface area contributed by atoms with Crippen LogP contribution >= 0.6 is 11.3 Å². The molecular formula is C20H24N2O3S. The molecule has 1 aliphatic heterocycles. The fourth-order valence-electron chi connectivity index (χ4n) is 3.85. The predicted octanol–water partition coefficient (Wildman–Crippen LogP) is 3.45. The van der Waals surface area contributed by atoms with E-state index in [1.165, 1.54) is 23.1 Å². The second kappa shape index (κ2) is 7.27. The van der Waals surface area contributed by atoms with Gasteiger partial charge in [-0.15, -0.1) is 11.3 Å². The second-order valence-corrected chi connectivity index (χ2v) is 8.46. The van der Waals surface area contributed by atoms with Crippen LogP contribution < -0.4 is 0 Å². The summed E-state index contributed by atoms with van der Waals surface area (Å²) in [5, 5.41) is 0. The lowest BCUT2D eigenvalue weighted by Gasteiger charge is -2.21. The number of carbonyl (C=O) groups is 2. The van der Waals surface area contributed by atoms with Crippen LogP contribution in [0.2, 0.25) is 0 Å². The van der Waals surface area contributed by atoms with Crippen molar-refractivity contribution in [2.75, 3.05) is 26.2 Å². The quantitative estimate of drug-likeness (QED) is 0.811.